The van der Waals surface area contributed by atoms with Gasteiger partial charge in [0, 0.05) is 28.2 Å². The molecular formula is C30H30N4O3S2. The van der Waals surface area contributed by atoms with Crippen molar-refractivity contribution in [3.63, 3.8) is 0 Å². The van der Waals surface area contributed by atoms with Gasteiger partial charge in [-0.2, -0.15) is 0 Å². The van der Waals surface area contributed by atoms with Gasteiger partial charge >= 0.3 is 5.97 Å². The summed E-state index contributed by atoms with van der Waals surface area (Å²) in [5, 5.41) is 12.9. The third-order valence-electron chi connectivity index (χ3n) is 6.64. The lowest BCUT2D eigenvalue weighted by atomic mass is 9.96. The van der Waals surface area contributed by atoms with Crippen molar-refractivity contribution in [3.8, 4) is 22.5 Å². The van der Waals surface area contributed by atoms with E-state index in [1.165, 1.54) is 41.5 Å². The van der Waals surface area contributed by atoms with E-state index < -0.39 is 0 Å². The lowest BCUT2D eigenvalue weighted by molar-refractivity contribution is -0.115. The summed E-state index contributed by atoms with van der Waals surface area (Å²) in [6.07, 6.45) is 6.51. The van der Waals surface area contributed by atoms with E-state index in [0.29, 0.717) is 27.2 Å². The predicted molar refractivity (Wildman–Crippen MR) is 156 cm³/mol. The van der Waals surface area contributed by atoms with Crippen molar-refractivity contribution >= 4 is 40.0 Å². The highest BCUT2D eigenvalue weighted by molar-refractivity contribution is 7.99. The molecule has 0 bridgehead atoms. The molecule has 5 rings (SSSR count). The number of aryl methyl sites for hydroxylation is 1. The molecule has 1 aliphatic carbocycles. The van der Waals surface area contributed by atoms with Crippen LogP contribution in [0.4, 0.5) is 5.00 Å². The topological polar surface area (TPSA) is 94.1 Å². The fourth-order valence-corrected chi connectivity index (χ4v) is 6.73. The Labute approximate surface area is 236 Å². The number of esters is 1. The lowest BCUT2D eigenvalue weighted by Gasteiger charge is -2.11. The number of thiophene rings is 1. The van der Waals surface area contributed by atoms with Gasteiger partial charge in [-0.05, 0) is 31.2 Å². The molecule has 1 aliphatic rings. The summed E-state index contributed by atoms with van der Waals surface area (Å²) in [4.78, 5) is 31.5. The minimum Gasteiger partial charge on any atom is -0.465 e. The first-order valence-electron chi connectivity index (χ1n) is 13.1. The molecule has 9 heteroatoms. The first-order chi connectivity index (χ1) is 19.1. The number of carbonyl (C=O) groups excluding carboxylic acids is 2. The van der Waals surface area contributed by atoms with Crippen LogP contribution < -0.4 is 5.32 Å². The van der Waals surface area contributed by atoms with Gasteiger partial charge in [0.25, 0.3) is 0 Å². The molecule has 0 saturated carbocycles. The fourth-order valence-electron chi connectivity index (χ4n) is 4.71. The maximum Gasteiger partial charge on any atom is 0.341 e. The first-order valence-corrected chi connectivity index (χ1v) is 15.0. The molecule has 0 spiro atoms. The van der Waals surface area contributed by atoms with Crippen molar-refractivity contribution in [2.45, 2.75) is 50.1 Å². The zero-order valence-corrected chi connectivity index (χ0v) is 23.4. The van der Waals surface area contributed by atoms with Crippen LogP contribution in [-0.4, -0.2) is 39.9 Å². The highest BCUT2D eigenvalue weighted by atomic mass is 32.2. The van der Waals surface area contributed by atoms with Crippen LogP contribution in [0.3, 0.4) is 0 Å². The average molecular weight is 559 g/mol. The molecule has 200 valence electrons. The lowest BCUT2D eigenvalue weighted by Crippen LogP contribution is -2.15. The number of fused-ring (bicyclic) bond motifs is 1. The standard InChI is InChI=1S/C30H30N4O3S2/c1-37-29(36)25-22-16-10-2-3-11-17-23(22)39-28(25)31-24(35)18-19-38-30-32-26(20-12-6-4-7-13-20)27(33-34-30)21-14-8-5-9-15-21/h4-9,12-15H,2-3,10-11,16-19H2,1H3,(H,31,35). The molecule has 7 nitrogen and oxygen atoms in total. The number of nitrogens with one attached hydrogen (secondary N) is 1. The molecule has 0 radical (unpaired) electrons. The van der Waals surface area contributed by atoms with Crippen LogP contribution in [0, 0.1) is 0 Å². The van der Waals surface area contributed by atoms with E-state index >= 15 is 0 Å². The number of rotatable bonds is 8. The second kappa shape index (κ2) is 13.0. The van der Waals surface area contributed by atoms with Crippen LogP contribution in [-0.2, 0) is 22.4 Å². The van der Waals surface area contributed by atoms with Gasteiger partial charge in [-0.15, -0.1) is 21.5 Å². The number of amides is 1. The minimum atomic E-state index is -0.385. The molecule has 2 aromatic carbocycles. The maximum absolute atomic E-state index is 12.9. The number of aromatic nitrogens is 3. The van der Waals surface area contributed by atoms with Crippen LogP contribution in [0.25, 0.3) is 22.5 Å². The second-order valence-electron chi connectivity index (χ2n) is 9.28. The Morgan fingerprint density at radius 3 is 2.26 bits per heavy atom. The first kappa shape index (κ1) is 27.0. The highest BCUT2D eigenvalue weighted by Crippen LogP contribution is 2.38. The van der Waals surface area contributed by atoms with Gasteiger partial charge in [-0.3, -0.25) is 4.79 Å². The summed E-state index contributed by atoms with van der Waals surface area (Å²) in [7, 11) is 1.39. The third kappa shape index (κ3) is 6.54. The Hall–Kier alpha value is -3.56. The summed E-state index contributed by atoms with van der Waals surface area (Å²) < 4.78 is 5.07. The van der Waals surface area contributed by atoms with E-state index in [0.717, 1.165) is 54.5 Å². The van der Waals surface area contributed by atoms with Gasteiger partial charge in [0.2, 0.25) is 11.1 Å². The molecule has 39 heavy (non-hydrogen) atoms. The van der Waals surface area contributed by atoms with Gasteiger partial charge in [-0.1, -0.05) is 85.3 Å². The largest absolute Gasteiger partial charge is 0.465 e. The molecule has 0 aliphatic heterocycles. The second-order valence-corrected chi connectivity index (χ2v) is 11.5. The summed E-state index contributed by atoms with van der Waals surface area (Å²) in [6.45, 7) is 0. The number of benzene rings is 2. The van der Waals surface area contributed by atoms with Gasteiger partial charge < -0.3 is 10.1 Å². The smallest absolute Gasteiger partial charge is 0.341 e. The quantitative estimate of drug-likeness (QED) is 0.187. The number of thioether (sulfide) groups is 1. The summed E-state index contributed by atoms with van der Waals surface area (Å²) >= 11 is 2.90. The Bertz CT molecular complexity index is 1440. The van der Waals surface area contributed by atoms with Gasteiger partial charge in [0.1, 0.15) is 16.4 Å². The average Bonchev–Trinajstić information content (AvgIpc) is 3.28. The van der Waals surface area contributed by atoms with Crippen molar-refractivity contribution < 1.29 is 14.3 Å². The van der Waals surface area contributed by atoms with Crippen LogP contribution in [0.2, 0.25) is 0 Å². The molecule has 0 atom stereocenters. The van der Waals surface area contributed by atoms with Crippen LogP contribution >= 0.6 is 23.1 Å². The maximum atomic E-state index is 12.9. The van der Waals surface area contributed by atoms with Crippen molar-refractivity contribution in [1.29, 1.82) is 0 Å². The molecule has 0 saturated heterocycles. The van der Waals surface area contributed by atoms with E-state index in [2.05, 4.69) is 15.5 Å². The summed E-state index contributed by atoms with van der Waals surface area (Å²) in [6, 6.07) is 19.8. The third-order valence-corrected chi connectivity index (χ3v) is 8.68. The van der Waals surface area contributed by atoms with E-state index in [4.69, 9.17) is 9.72 Å². The Morgan fingerprint density at radius 1 is 0.897 bits per heavy atom. The fraction of sp³-hybridized carbons (Fsp3) is 0.300. The van der Waals surface area contributed by atoms with Gasteiger partial charge in [0.05, 0.1) is 12.7 Å². The Balaban J connectivity index is 1.29. The van der Waals surface area contributed by atoms with Crippen molar-refractivity contribution in [2.24, 2.45) is 0 Å². The molecule has 2 heterocycles. The predicted octanol–water partition coefficient (Wildman–Crippen LogP) is 6.83. The van der Waals surface area contributed by atoms with Crippen molar-refractivity contribution in [1.82, 2.24) is 15.2 Å². The van der Waals surface area contributed by atoms with Crippen molar-refractivity contribution in [3.05, 3.63) is 76.7 Å². The molecule has 0 unspecified atom stereocenters. The molecular weight excluding hydrogens is 528 g/mol. The zero-order valence-electron chi connectivity index (χ0n) is 21.8. The number of anilines is 1. The number of nitrogens with zero attached hydrogens (tertiary/aromatic N) is 3. The number of hydrogen-bond donors (Lipinski definition) is 1. The van der Waals surface area contributed by atoms with Crippen LogP contribution in [0.15, 0.2) is 65.8 Å². The SMILES string of the molecule is COC(=O)c1c(NC(=O)CCSc2nnc(-c3ccccc3)c(-c3ccccc3)n2)sc2c1CCCCCC2. The van der Waals surface area contributed by atoms with Gasteiger partial charge in [0.15, 0.2) is 0 Å². The number of hydrogen-bond acceptors (Lipinski definition) is 8. The minimum absolute atomic E-state index is 0.154. The van der Waals surface area contributed by atoms with E-state index in [9.17, 15) is 9.59 Å². The molecule has 1 amide bonds. The number of ether oxygens (including phenoxy) is 1. The van der Waals surface area contributed by atoms with E-state index in [1.54, 1.807) is 0 Å². The van der Waals surface area contributed by atoms with Crippen LogP contribution in [0.1, 0.15) is 52.9 Å². The van der Waals surface area contributed by atoms with Crippen molar-refractivity contribution in [2.75, 3.05) is 18.2 Å². The van der Waals surface area contributed by atoms with E-state index in [1.807, 2.05) is 60.7 Å². The number of methoxy groups -OCH3 is 1. The monoisotopic (exact) mass is 558 g/mol. The Morgan fingerprint density at radius 2 is 1.56 bits per heavy atom. The molecule has 2 aromatic heterocycles. The molecule has 0 fully saturated rings. The molecule has 1 N–H and O–H groups in total. The van der Waals surface area contributed by atoms with Crippen LogP contribution in [0.5, 0.6) is 0 Å². The van der Waals surface area contributed by atoms with E-state index in [-0.39, 0.29) is 18.3 Å². The zero-order chi connectivity index (χ0) is 27.0. The Kier molecular flexibility index (Phi) is 9.00. The normalized spacial score (nSPS) is 13.2. The number of carbonyl (C=O) groups is 2. The highest BCUT2D eigenvalue weighted by Gasteiger charge is 2.26. The van der Waals surface area contributed by atoms with Gasteiger partial charge in [-0.25, -0.2) is 9.78 Å². The summed E-state index contributed by atoms with van der Waals surface area (Å²) in [5.41, 5.74) is 4.93. The molecule has 4 aromatic rings. The summed E-state index contributed by atoms with van der Waals surface area (Å²) in [5.74, 6) is -0.0615.